The van der Waals surface area contributed by atoms with Crippen LogP contribution in [0.15, 0.2) is 12.1 Å². The van der Waals surface area contributed by atoms with E-state index in [1.165, 1.54) is 6.07 Å². The van der Waals surface area contributed by atoms with Gasteiger partial charge in [-0.05, 0) is 26.0 Å². The summed E-state index contributed by atoms with van der Waals surface area (Å²) in [6.45, 7) is 2.50. The lowest BCUT2D eigenvalue weighted by molar-refractivity contribution is 0.310. The lowest BCUT2D eigenvalue weighted by Gasteiger charge is -2.11. The minimum atomic E-state index is -0.846. The van der Waals surface area contributed by atoms with Gasteiger partial charge in [-0.1, -0.05) is 6.92 Å². The number of ether oxygens (including phenoxy) is 1. The van der Waals surface area contributed by atoms with Crippen molar-refractivity contribution < 1.29 is 13.5 Å². The maximum Gasteiger partial charge on any atom is 0.162 e. The van der Waals surface area contributed by atoms with Crippen molar-refractivity contribution in [3.8, 4) is 5.75 Å². The normalized spacial score (nSPS) is 22.6. The zero-order chi connectivity index (χ0) is 12.4. The van der Waals surface area contributed by atoms with E-state index < -0.39 is 11.6 Å². The van der Waals surface area contributed by atoms with E-state index in [9.17, 15) is 8.78 Å². The molecule has 2 rings (SSSR count). The maximum atomic E-state index is 13.2. The van der Waals surface area contributed by atoms with Crippen LogP contribution in [0.5, 0.6) is 5.75 Å². The molecule has 0 aromatic heterocycles. The molecule has 2 unspecified atom stereocenters. The van der Waals surface area contributed by atoms with Gasteiger partial charge in [0, 0.05) is 23.6 Å². The zero-order valence-corrected chi connectivity index (χ0v) is 10.1. The van der Waals surface area contributed by atoms with Crippen LogP contribution in [0.2, 0.25) is 0 Å². The second-order valence-electron chi connectivity index (χ2n) is 4.39. The van der Waals surface area contributed by atoms with Crippen LogP contribution in [0.25, 0.3) is 0 Å². The quantitative estimate of drug-likeness (QED) is 0.856. The van der Waals surface area contributed by atoms with E-state index in [4.69, 9.17) is 4.74 Å². The van der Waals surface area contributed by atoms with E-state index >= 15 is 0 Å². The first-order chi connectivity index (χ1) is 8.17. The van der Waals surface area contributed by atoms with Gasteiger partial charge in [0.1, 0.15) is 5.75 Å². The Hall–Kier alpha value is -1.16. The van der Waals surface area contributed by atoms with E-state index in [1.54, 1.807) is 0 Å². The fourth-order valence-corrected chi connectivity index (χ4v) is 2.03. The van der Waals surface area contributed by atoms with E-state index in [1.807, 2.05) is 14.0 Å². The topological polar surface area (TPSA) is 21.3 Å². The van der Waals surface area contributed by atoms with Gasteiger partial charge in [0.05, 0.1) is 6.61 Å². The van der Waals surface area contributed by atoms with E-state index in [2.05, 4.69) is 5.32 Å². The molecule has 4 heteroatoms. The highest BCUT2D eigenvalue weighted by molar-refractivity contribution is 5.41. The minimum absolute atomic E-state index is 0.238. The van der Waals surface area contributed by atoms with Crippen LogP contribution >= 0.6 is 0 Å². The highest BCUT2D eigenvalue weighted by Gasteiger charge is 2.39. The van der Waals surface area contributed by atoms with Crippen molar-refractivity contribution >= 4 is 0 Å². The third-order valence-electron chi connectivity index (χ3n) is 3.08. The Morgan fingerprint density at radius 1 is 1.35 bits per heavy atom. The molecule has 0 aliphatic heterocycles. The Morgan fingerprint density at radius 3 is 2.65 bits per heavy atom. The summed E-state index contributed by atoms with van der Waals surface area (Å²) in [6, 6.07) is 2.78. The van der Waals surface area contributed by atoms with Crippen LogP contribution in [0, 0.1) is 11.6 Å². The third kappa shape index (κ3) is 2.57. The fraction of sp³-hybridized carbons (Fsp3) is 0.538. The molecule has 17 heavy (non-hydrogen) atoms. The molecular formula is C13H17F2NO. The molecule has 1 saturated carbocycles. The summed E-state index contributed by atoms with van der Waals surface area (Å²) >= 11 is 0. The van der Waals surface area contributed by atoms with E-state index in [0.717, 1.165) is 24.5 Å². The van der Waals surface area contributed by atoms with E-state index in [0.29, 0.717) is 18.4 Å². The van der Waals surface area contributed by atoms with Gasteiger partial charge >= 0.3 is 0 Å². The SMILES string of the molecule is CCCOc1cc(F)c(F)cc1C1CC1NC. The van der Waals surface area contributed by atoms with Crippen LogP contribution in [0.4, 0.5) is 8.78 Å². The number of hydrogen-bond donors (Lipinski definition) is 1. The van der Waals surface area contributed by atoms with Crippen LogP contribution in [-0.2, 0) is 0 Å². The highest BCUT2D eigenvalue weighted by atomic mass is 19.2. The first-order valence-electron chi connectivity index (χ1n) is 5.96. The predicted octanol–water partition coefficient (Wildman–Crippen LogP) is 2.83. The molecule has 94 valence electrons. The van der Waals surface area contributed by atoms with E-state index in [-0.39, 0.29) is 5.92 Å². The molecule has 1 aromatic rings. The first-order valence-corrected chi connectivity index (χ1v) is 5.96. The Labute approximate surface area is 100.0 Å². The van der Waals surface area contributed by atoms with Crippen molar-refractivity contribution in [3.05, 3.63) is 29.3 Å². The Bertz CT molecular complexity index is 409. The fourth-order valence-electron chi connectivity index (χ4n) is 2.03. The number of nitrogens with one attached hydrogen (secondary N) is 1. The number of likely N-dealkylation sites (N-methyl/N-ethyl adjacent to an activating group) is 1. The molecule has 0 heterocycles. The molecule has 0 bridgehead atoms. The van der Waals surface area contributed by atoms with Gasteiger partial charge in [-0.3, -0.25) is 0 Å². The molecule has 1 fully saturated rings. The van der Waals surface area contributed by atoms with Crippen molar-refractivity contribution in [1.29, 1.82) is 0 Å². The van der Waals surface area contributed by atoms with Gasteiger partial charge in [0.15, 0.2) is 11.6 Å². The zero-order valence-electron chi connectivity index (χ0n) is 10.1. The van der Waals surface area contributed by atoms with Gasteiger partial charge in [-0.2, -0.15) is 0 Å². The van der Waals surface area contributed by atoms with Crippen molar-refractivity contribution in [2.75, 3.05) is 13.7 Å². The lowest BCUT2D eigenvalue weighted by Crippen LogP contribution is -2.11. The minimum Gasteiger partial charge on any atom is -0.493 e. The standard InChI is InChI=1S/C13H17F2NO/c1-3-4-17-13-7-11(15)10(14)5-9(13)8-6-12(8)16-2/h5,7-8,12,16H,3-4,6H2,1-2H3. The lowest BCUT2D eigenvalue weighted by atomic mass is 10.1. The van der Waals surface area contributed by atoms with Crippen molar-refractivity contribution in [3.63, 3.8) is 0 Å². The van der Waals surface area contributed by atoms with Gasteiger partial charge < -0.3 is 10.1 Å². The van der Waals surface area contributed by atoms with Gasteiger partial charge in [-0.25, -0.2) is 8.78 Å². The Morgan fingerprint density at radius 2 is 2.06 bits per heavy atom. The molecule has 1 aliphatic carbocycles. The summed E-state index contributed by atoms with van der Waals surface area (Å²) in [4.78, 5) is 0. The average Bonchev–Trinajstić information content (AvgIpc) is 3.09. The van der Waals surface area contributed by atoms with Crippen LogP contribution in [0.1, 0.15) is 31.2 Å². The maximum absolute atomic E-state index is 13.2. The summed E-state index contributed by atoms with van der Waals surface area (Å²) in [6.07, 6.45) is 1.79. The molecule has 1 aliphatic rings. The Kier molecular flexibility index (Phi) is 3.62. The number of rotatable bonds is 5. The molecule has 1 aromatic carbocycles. The van der Waals surface area contributed by atoms with Crippen molar-refractivity contribution in [2.45, 2.75) is 31.7 Å². The van der Waals surface area contributed by atoms with Crippen LogP contribution in [-0.4, -0.2) is 19.7 Å². The summed E-state index contributed by atoms with van der Waals surface area (Å²) in [7, 11) is 1.87. The number of hydrogen-bond acceptors (Lipinski definition) is 2. The monoisotopic (exact) mass is 241 g/mol. The third-order valence-corrected chi connectivity index (χ3v) is 3.08. The number of halogens is 2. The summed E-state index contributed by atoms with van der Waals surface area (Å²) in [5.74, 6) is -0.928. The molecule has 2 atom stereocenters. The van der Waals surface area contributed by atoms with Gasteiger partial charge in [0.2, 0.25) is 0 Å². The summed E-state index contributed by atoms with van der Waals surface area (Å²) in [5, 5.41) is 3.13. The van der Waals surface area contributed by atoms with Crippen molar-refractivity contribution in [1.82, 2.24) is 5.32 Å². The molecule has 0 radical (unpaired) electrons. The van der Waals surface area contributed by atoms with Crippen LogP contribution in [0.3, 0.4) is 0 Å². The van der Waals surface area contributed by atoms with Gasteiger partial charge in [-0.15, -0.1) is 0 Å². The second-order valence-corrected chi connectivity index (χ2v) is 4.39. The van der Waals surface area contributed by atoms with Gasteiger partial charge in [0.25, 0.3) is 0 Å². The Balaban J connectivity index is 2.25. The molecule has 0 spiro atoms. The molecule has 2 nitrogen and oxygen atoms in total. The average molecular weight is 241 g/mol. The smallest absolute Gasteiger partial charge is 0.162 e. The highest BCUT2D eigenvalue weighted by Crippen LogP contribution is 2.45. The molecule has 1 N–H and O–H groups in total. The first kappa shape index (κ1) is 12.3. The summed E-state index contributed by atoms with van der Waals surface area (Å²) < 4.78 is 31.9. The molecule has 0 amide bonds. The largest absolute Gasteiger partial charge is 0.493 e. The predicted molar refractivity (Wildman–Crippen MR) is 62.3 cm³/mol. The molecule has 0 saturated heterocycles. The molecular weight excluding hydrogens is 224 g/mol. The van der Waals surface area contributed by atoms with Crippen molar-refractivity contribution in [2.24, 2.45) is 0 Å². The van der Waals surface area contributed by atoms with Crippen LogP contribution < -0.4 is 10.1 Å². The summed E-state index contributed by atoms with van der Waals surface area (Å²) in [5.41, 5.74) is 0.775. The number of benzene rings is 1. The second kappa shape index (κ2) is 5.00.